The van der Waals surface area contributed by atoms with E-state index in [1.807, 2.05) is 11.8 Å². The molecule has 2 rings (SSSR count). The fraction of sp³-hybridized carbons (Fsp3) is 0.857. The average molecular weight is 267 g/mol. The minimum Gasteiger partial charge on any atom is -0.352 e. The van der Waals surface area contributed by atoms with Gasteiger partial charge in [-0.3, -0.25) is 9.59 Å². The van der Waals surface area contributed by atoms with Crippen molar-refractivity contribution >= 4 is 11.8 Å². The highest BCUT2D eigenvalue weighted by molar-refractivity contribution is 5.78. The lowest BCUT2D eigenvalue weighted by molar-refractivity contribution is -0.129. The molecule has 2 fully saturated rings. The van der Waals surface area contributed by atoms with Crippen molar-refractivity contribution in [3.8, 4) is 0 Å². The Balaban J connectivity index is 1.62. The summed E-state index contributed by atoms with van der Waals surface area (Å²) in [6, 6.07) is 0.562. The van der Waals surface area contributed by atoms with Gasteiger partial charge in [-0.2, -0.15) is 0 Å². The number of hydrogen-bond donors (Lipinski definition) is 2. The molecule has 5 heteroatoms. The van der Waals surface area contributed by atoms with Gasteiger partial charge in [0.05, 0.1) is 0 Å². The molecule has 0 bridgehead atoms. The third-order valence-corrected chi connectivity index (χ3v) is 3.96. The number of nitrogens with one attached hydrogen (secondary N) is 2. The maximum Gasteiger partial charge on any atom is 0.222 e. The lowest BCUT2D eigenvalue weighted by Gasteiger charge is -2.22. The van der Waals surface area contributed by atoms with Gasteiger partial charge >= 0.3 is 0 Å². The summed E-state index contributed by atoms with van der Waals surface area (Å²) in [5.41, 5.74) is 0. The van der Waals surface area contributed by atoms with Gasteiger partial charge in [-0.25, -0.2) is 0 Å². The predicted octanol–water partition coefficient (Wildman–Crippen LogP) is 0.646. The normalized spacial score (nSPS) is 24.8. The van der Waals surface area contributed by atoms with Crippen molar-refractivity contribution in [1.82, 2.24) is 15.5 Å². The molecule has 2 aliphatic rings. The third-order valence-electron chi connectivity index (χ3n) is 3.96. The van der Waals surface area contributed by atoms with Gasteiger partial charge in [-0.1, -0.05) is 0 Å². The summed E-state index contributed by atoms with van der Waals surface area (Å²) in [6.07, 6.45) is 5.52. The van der Waals surface area contributed by atoms with Crippen molar-refractivity contribution in [2.45, 2.75) is 57.5 Å². The van der Waals surface area contributed by atoms with E-state index in [0.29, 0.717) is 25.4 Å². The zero-order valence-corrected chi connectivity index (χ0v) is 11.8. The van der Waals surface area contributed by atoms with E-state index in [-0.39, 0.29) is 17.9 Å². The zero-order valence-electron chi connectivity index (χ0n) is 11.8. The molecule has 0 aromatic carbocycles. The van der Waals surface area contributed by atoms with Crippen LogP contribution in [0.2, 0.25) is 0 Å². The average Bonchev–Trinajstić information content (AvgIpc) is 2.99. The van der Waals surface area contributed by atoms with Crippen LogP contribution in [0.1, 0.15) is 45.4 Å². The van der Waals surface area contributed by atoms with Gasteiger partial charge in [0.15, 0.2) is 0 Å². The largest absolute Gasteiger partial charge is 0.352 e. The summed E-state index contributed by atoms with van der Waals surface area (Å²) >= 11 is 0. The molecule has 2 N–H and O–H groups in total. The van der Waals surface area contributed by atoms with Crippen LogP contribution in [-0.4, -0.2) is 48.4 Å². The summed E-state index contributed by atoms with van der Waals surface area (Å²) < 4.78 is 0. The third kappa shape index (κ3) is 4.49. The molecular formula is C14H25N3O2. The number of rotatable bonds is 6. The second-order valence-corrected chi connectivity index (χ2v) is 5.74. The van der Waals surface area contributed by atoms with Crippen LogP contribution in [0.3, 0.4) is 0 Å². The van der Waals surface area contributed by atoms with Crippen LogP contribution in [0.4, 0.5) is 0 Å². The highest BCUT2D eigenvalue weighted by Crippen LogP contribution is 2.11. The molecule has 2 unspecified atom stereocenters. The summed E-state index contributed by atoms with van der Waals surface area (Å²) in [6.45, 7) is 4.54. The first-order valence-electron chi connectivity index (χ1n) is 7.45. The second kappa shape index (κ2) is 6.89. The zero-order chi connectivity index (χ0) is 13.7. The van der Waals surface area contributed by atoms with E-state index in [1.165, 1.54) is 12.8 Å². The van der Waals surface area contributed by atoms with E-state index in [0.717, 1.165) is 25.9 Å². The monoisotopic (exact) mass is 267 g/mol. The smallest absolute Gasteiger partial charge is 0.222 e. The molecule has 2 amide bonds. The summed E-state index contributed by atoms with van der Waals surface area (Å²) in [5.74, 6) is 0.323. The first-order chi connectivity index (χ1) is 9.15. The Bertz CT molecular complexity index is 327. The Morgan fingerprint density at radius 3 is 3.00 bits per heavy atom. The minimum absolute atomic E-state index is 0.0473. The minimum atomic E-state index is 0.0473. The van der Waals surface area contributed by atoms with Crippen LogP contribution >= 0.6 is 0 Å². The molecule has 0 saturated carbocycles. The van der Waals surface area contributed by atoms with Crippen molar-refractivity contribution in [1.29, 1.82) is 0 Å². The number of hydrogen-bond acceptors (Lipinski definition) is 3. The van der Waals surface area contributed by atoms with Crippen molar-refractivity contribution in [3.63, 3.8) is 0 Å². The first-order valence-corrected chi connectivity index (χ1v) is 7.45. The van der Waals surface area contributed by atoms with Crippen molar-refractivity contribution in [3.05, 3.63) is 0 Å². The molecule has 0 spiro atoms. The van der Waals surface area contributed by atoms with Crippen LogP contribution < -0.4 is 10.6 Å². The molecule has 2 saturated heterocycles. The molecule has 0 aromatic heterocycles. The van der Waals surface area contributed by atoms with Crippen LogP contribution in [0.15, 0.2) is 0 Å². The number of amides is 2. The molecule has 2 heterocycles. The molecule has 108 valence electrons. The lowest BCUT2D eigenvalue weighted by Crippen LogP contribution is -2.42. The molecular weight excluding hydrogens is 242 g/mol. The van der Waals surface area contributed by atoms with Crippen molar-refractivity contribution in [2.24, 2.45) is 0 Å². The standard InChI is InChI=1S/C14H25N3O2/c1-11(10-17-9-3-5-14(17)19)16-13(18)7-6-12-4-2-8-15-12/h11-12,15H,2-10H2,1H3,(H,16,18). The second-order valence-electron chi connectivity index (χ2n) is 5.74. The number of nitrogens with zero attached hydrogens (tertiary/aromatic N) is 1. The van der Waals surface area contributed by atoms with Gasteiger partial charge in [0.2, 0.25) is 11.8 Å². The fourth-order valence-electron chi connectivity index (χ4n) is 2.93. The highest BCUT2D eigenvalue weighted by atomic mass is 16.2. The summed E-state index contributed by atoms with van der Waals surface area (Å²) in [7, 11) is 0. The molecule has 0 radical (unpaired) electrons. The molecule has 0 aromatic rings. The van der Waals surface area contributed by atoms with Crippen molar-refractivity contribution < 1.29 is 9.59 Å². The van der Waals surface area contributed by atoms with Gasteiger partial charge in [-0.05, 0) is 39.2 Å². The molecule has 2 atom stereocenters. The van der Waals surface area contributed by atoms with E-state index in [2.05, 4.69) is 10.6 Å². The topological polar surface area (TPSA) is 61.4 Å². The van der Waals surface area contributed by atoms with Crippen LogP contribution in [0, 0.1) is 0 Å². The molecule has 19 heavy (non-hydrogen) atoms. The first kappa shape index (κ1) is 14.3. The summed E-state index contributed by atoms with van der Waals surface area (Å²) in [5, 5.41) is 6.39. The Morgan fingerprint density at radius 1 is 1.53 bits per heavy atom. The summed E-state index contributed by atoms with van der Waals surface area (Å²) in [4.78, 5) is 25.2. The van der Waals surface area contributed by atoms with Gasteiger partial charge in [0, 0.05) is 38.0 Å². The predicted molar refractivity (Wildman–Crippen MR) is 73.7 cm³/mol. The lowest BCUT2D eigenvalue weighted by atomic mass is 10.1. The van der Waals surface area contributed by atoms with Crippen LogP contribution in [0.5, 0.6) is 0 Å². The Labute approximate surface area is 115 Å². The number of likely N-dealkylation sites (tertiary alicyclic amines) is 1. The number of carbonyl (C=O) groups excluding carboxylic acids is 2. The molecule has 0 aliphatic carbocycles. The van der Waals surface area contributed by atoms with E-state index >= 15 is 0 Å². The molecule has 2 aliphatic heterocycles. The Morgan fingerprint density at radius 2 is 2.37 bits per heavy atom. The van der Waals surface area contributed by atoms with Gasteiger partial charge < -0.3 is 15.5 Å². The van der Waals surface area contributed by atoms with Crippen LogP contribution in [-0.2, 0) is 9.59 Å². The Kier molecular flexibility index (Phi) is 5.19. The SMILES string of the molecule is CC(CN1CCCC1=O)NC(=O)CCC1CCCN1. The van der Waals surface area contributed by atoms with Gasteiger partial charge in [-0.15, -0.1) is 0 Å². The van der Waals surface area contributed by atoms with Crippen LogP contribution in [0.25, 0.3) is 0 Å². The fourth-order valence-corrected chi connectivity index (χ4v) is 2.93. The van der Waals surface area contributed by atoms with E-state index in [1.54, 1.807) is 0 Å². The Hall–Kier alpha value is -1.10. The molecule has 5 nitrogen and oxygen atoms in total. The van der Waals surface area contributed by atoms with Gasteiger partial charge in [0.1, 0.15) is 0 Å². The van der Waals surface area contributed by atoms with E-state index in [9.17, 15) is 9.59 Å². The van der Waals surface area contributed by atoms with Crippen molar-refractivity contribution in [2.75, 3.05) is 19.6 Å². The van der Waals surface area contributed by atoms with E-state index in [4.69, 9.17) is 0 Å². The van der Waals surface area contributed by atoms with Gasteiger partial charge in [0.25, 0.3) is 0 Å². The maximum absolute atomic E-state index is 11.8. The highest BCUT2D eigenvalue weighted by Gasteiger charge is 2.22. The van der Waals surface area contributed by atoms with E-state index < -0.39 is 0 Å². The maximum atomic E-state index is 11.8. The quantitative estimate of drug-likeness (QED) is 0.742. The number of carbonyl (C=O) groups is 2.